The Morgan fingerprint density at radius 3 is 2.58 bits per heavy atom. The van der Waals surface area contributed by atoms with Crippen molar-refractivity contribution in [1.29, 1.82) is 0 Å². The van der Waals surface area contributed by atoms with Gasteiger partial charge in [0.15, 0.2) is 5.82 Å². The Morgan fingerprint density at radius 2 is 1.83 bits per heavy atom. The van der Waals surface area contributed by atoms with E-state index in [-0.39, 0.29) is 6.61 Å². The number of nitrogens with zero attached hydrogens (tertiary/aromatic N) is 3. The van der Waals surface area contributed by atoms with Crippen LogP contribution in [0.4, 0.5) is 5.82 Å². The summed E-state index contributed by atoms with van der Waals surface area (Å²) in [5, 5.41) is 12.6. The minimum absolute atomic E-state index is 0.0490. The monoisotopic (exact) mass is 328 g/mol. The number of rotatable bonds is 7. The fourth-order valence-electron chi connectivity index (χ4n) is 2.78. The molecule has 1 aromatic heterocycles. The number of hydrogen-bond donors (Lipinski definition) is 2. The van der Waals surface area contributed by atoms with Crippen molar-refractivity contribution >= 4 is 5.82 Å². The third-order valence-corrected chi connectivity index (χ3v) is 4.16. The Morgan fingerprint density at radius 1 is 1.08 bits per heavy atom. The van der Waals surface area contributed by atoms with E-state index in [1.807, 2.05) is 24.3 Å². The van der Waals surface area contributed by atoms with E-state index in [1.165, 1.54) is 0 Å². The smallest absolute Gasteiger partial charge is 0.152 e. The zero-order valence-corrected chi connectivity index (χ0v) is 13.8. The number of benzene rings is 1. The summed E-state index contributed by atoms with van der Waals surface area (Å²) in [5.41, 5.74) is 2.73. The van der Waals surface area contributed by atoms with Crippen molar-refractivity contribution < 1.29 is 9.84 Å². The lowest BCUT2D eigenvalue weighted by Gasteiger charge is -2.26. The molecule has 6 nitrogen and oxygen atoms in total. The average molecular weight is 328 g/mol. The van der Waals surface area contributed by atoms with Gasteiger partial charge in [0.25, 0.3) is 0 Å². The molecule has 0 spiro atoms. The number of ether oxygens (including phenoxy) is 1. The van der Waals surface area contributed by atoms with Crippen LogP contribution >= 0.6 is 0 Å². The Kier molecular flexibility index (Phi) is 6.12. The van der Waals surface area contributed by atoms with E-state index in [0.717, 1.165) is 68.5 Å². The van der Waals surface area contributed by atoms with Crippen LogP contribution in [0.1, 0.15) is 12.0 Å². The molecular formula is C18H24N4O2. The van der Waals surface area contributed by atoms with Gasteiger partial charge in [0.05, 0.1) is 19.8 Å². The van der Waals surface area contributed by atoms with E-state index in [0.29, 0.717) is 0 Å². The molecule has 2 N–H and O–H groups in total. The molecule has 24 heavy (non-hydrogen) atoms. The largest absolute Gasteiger partial charge is 0.392 e. The molecule has 3 rings (SSSR count). The summed E-state index contributed by atoms with van der Waals surface area (Å²) in [6.45, 7) is 5.70. The van der Waals surface area contributed by atoms with Crippen LogP contribution in [-0.4, -0.2) is 59.4 Å². The molecule has 1 saturated heterocycles. The van der Waals surface area contributed by atoms with Crippen molar-refractivity contribution in [2.45, 2.75) is 13.0 Å². The summed E-state index contributed by atoms with van der Waals surface area (Å²) < 4.78 is 5.37. The van der Waals surface area contributed by atoms with Gasteiger partial charge in [0.2, 0.25) is 0 Å². The summed E-state index contributed by atoms with van der Waals surface area (Å²) in [6.07, 6.45) is 4.46. The van der Waals surface area contributed by atoms with Gasteiger partial charge in [0.1, 0.15) is 5.69 Å². The highest BCUT2D eigenvalue weighted by atomic mass is 16.5. The van der Waals surface area contributed by atoms with Crippen LogP contribution in [0.5, 0.6) is 0 Å². The van der Waals surface area contributed by atoms with Gasteiger partial charge in [-0.05, 0) is 18.5 Å². The third kappa shape index (κ3) is 4.50. The normalized spacial score (nSPS) is 15.4. The van der Waals surface area contributed by atoms with Gasteiger partial charge < -0.3 is 15.2 Å². The molecule has 2 aromatic rings. The number of aliphatic hydroxyl groups excluding tert-OH is 1. The molecule has 0 bridgehead atoms. The number of anilines is 1. The molecule has 1 aromatic carbocycles. The number of hydrogen-bond acceptors (Lipinski definition) is 6. The predicted octanol–water partition coefficient (Wildman–Crippen LogP) is 1.77. The molecule has 1 aliphatic heterocycles. The van der Waals surface area contributed by atoms with Crippen LogP contribution in [0.25, 0.3) is 11.3 Å². The molecule has 6 heteroatoms. The van der Waals surface area contributed by atoms with Crippen LogP contribution in [0.2, 0.25) is 0 Å². The van der Waals surface area contributed by atoms with E-state index in [1.54, 1.807) is 12.4 Å². The molecule has 0 amide bonds. The zero-order chi connectivity index (χ0) is 16.6. The highest BCUT2D eigenvalue weighted by Crippen LogP contribution is 2.23. The topological polar surface area (TPSA) is 70.5 Å². The van der Waals surface area contributed by atoms with Gasteiger partial charge in [-0.1, -0.05) is 24.3 Å². The van der Waals surface area contributed by atoms with E-state index < -0.39 is 0 Å². The molecule has 0 radical (unpaired) electrons. The van der Waals surface area contributed by atoms with Gasteiger partial charge in [-0.25, -0.2) is 4.98 Å². The summed E-state index contributed by atoms with van der Waals surface area (Å²) in [7, 11) is 0. The van der Waals surface area contributed by atoms with Gasteiger partial charge in [-0.15, -0.1) is 0 Å². The Labute approximate surface area is 142 Å². The van der Waals surface area contributed by atoms with Crippen molar-refractivity contribution in [2.24, 2.45) is 0 Å². The van der Waals surface area contributed by atoms with Crippen molar-refractivity contribution in [3.63, 3.8) is 0 Å². The lowest BCUT2D eigenvalue weighted by atomic mass is 10.1. The molecule has 0 unspecified atom stereocenters. The van der Waals surface area contributed by atoms with Crippen molar-refractivity contribution in [3.05, 3.63) is 42.2 Å². The Balaban J connectivity index is 1.57. The standard InChI is InChI=1S/C18H24N4O2/c23-14-15-2-4-16(5-3-15)17-18(21-8-7-19-17)20-6-1-9-22-10-12-24-13-11-22/h2-5,7-8,23H,1,6,9-14H2,(H,20,21). The maximum atomic E-state index is 9.15. The number of aliphatic hydroxyl groups is 1. The molecule has 0 aliphatic carbocycles. The van der Waals surface area contributed by atoms with Crippen molar-refractivity contribution in [2.75, 3.05) is 44.7 Å². The van der Waals surface area contributed by atoms with Gasteiger partial charge in [-0.3, -0.25) is 9.88 Å². The fourth-order valence-corrected chi connectivity index (χ4v) is 2.78. The van der Waals surface area contributed by atoms with Crippen molar-refractivity contribution in [1.82, 2.24) is 14.9 Å². The van der Waals surface area contributed by atoms with Gasteiger partial charge >= 0.3 is 0 Å². The minimum Gasteiger partial charge on any atom is -0.392 e. The minimum atomic E-state index is 0.0490. The molecule has 0 saturated carbocycles. The second-order valence-corrected chi connectivity index (χ2v) is 5.84. The number of nitrogens with one attached hydrogen (secondary N) is 1. The summed E-state index contributed by atoms with van der Waals surface area (Å²) in [4.78, 5) is 11.3. The Bertz CT molecular complexity index is 627. The van der Waals surface area contributed by atoms with Crippen molar-refractivity contribution in [3.8, 4) is 11.3 Å². The lowest BCUT2D eigenvalue weighted by Crippen LogP contribution is -2.37. The Hall–Kier alpha value is -2.02. The summed E-state index contributed by atoms with van der Waals surface area (Å²) >= 11 is 0. The summed E-state index contributed by atoms with van der Waals surface area (Å²) in [5.74, 6) is 0.802. The quantitative estimate of drug-likeness (QED) is 0.755. The first-order valence-corrected chi connectivity index (χ1v) is 8.42. The molecule has 1 aliphatic rings. The first-order valence-electron chi connectivity index (χ1n) is 8.42. The summed E-state index contributed by atoms with van der Waals surface area (Å²) in [6, 6.07) is 7.75. The maximum absolute atomic E-state index is 9.15. The highest BCUT2D eigenvalue weighted by Gasteiger charge is 2.10. The van der Waals surface area contributed by atoms with Gasteiger partial charge in [-0.2, -0.15) is 0 Å². The first kappa shape index (κ1) is 16.8. The molecule has 0 atom stereocenters. The second kappa shape index (κ2) is 8.73. The molecule has 2 heterocycles. The number of morpholine rings is 1. The molecular weight excluding hydrogens is 304 g/mol. The van der Waals surface area contributed by atoms with Gasteiger partial charge in [0, 0.05) is 37.6 Å². The van der Waals surface area contributed by atoms with Crippen LogP contribution in [-0.2, 0) is 11.3 Å². The molecule has 128 valence electrons. The van der Waals surface area contributed by atoms with Crippen LogP contribution in [0.3, 0.4) is 0 Å². The number of aromatic nitrogens is 2. The van der Waals surface area contributed by atoms with Crippen LogP contribution < -0.4 is 5.32 Å². The van der Waals surface area contributed by atoms with Crippen LogP contribution in [0.15, 0.2) is 36.7 Å². The predicted molar refractivity (Wildman–Crippen MR) is 93.8 cm³/mol. The molecule has 1 fully saturated rings. The third-order valence-electron chi connectivity index (χ3n) is 4.16. The maximum Gasteiger partial charge on any atom is 0.152 e. The van der Waals surface area contributed by atoms with Crippen LogP contribution in [0, 0.1) is 0 Å². The van der Waals surface area contributed by atoms with E-state index in [9.17, 15) is 0 Å². The zero-order valence-electron chi connectivity index (χ0n) is 13.8. The lowest BCUT2D eigenvalue weighted by molar-refractivity contribution is 0.0378. The van der Waals surface area contributed by atoms with E-state index in [2.05, 4.69) is 20.2 Å². The fraction of sp³-hybridized carbons (Fsp3) is 0.444. The van der Waals surface area contributed by atoms with E-state index >= 15 is 0 Å². The average Bonchev–Trinajstić information content (AvgIpc) is 2.66. The SMILES string of the molecule is OCc1ccc(-c2nccnc2NCCCN2CCOCC2)cc1. The van der Waals surface area contributed by atoms with E-state index in [4.69, 9.17) is 9.84 Å². The first-order chi connectivity index (χ1) is 11.9. The second-order valence-electron chi connectivity index (χ2n) is 5.84. The highest BCUT2D eigenvalue weighted by molar-refractivity contribution is 5.71.